The normalized spacial score (nSPS) is 12.4. The minimum atomic E-state index is -0.726. The summed E-state index contributed by atoms with van der Waals surface area (Å²) in [7, 11) is 0. The van der Waals surface area contributed by atoms with Crippen LogP contribution >= 0.6 is 0 Å². The van der Waals surface area contributed by atoms with Gasteiger partial charge in [-0.15, -0.1) is 0 Å². The highest BCUT2D eigenvalue weighted by Crippen LogP contribution is 2.14. The van der Waals surface area contributed by atoms with Crippen molar-refractivity contribution in [2.45, 2.75) is 129 Å². The number of hydrogen-bond donors (Lipinski definition) is 1. The van der Waals surface area contributed by atoms with E-state index in [-0.39, 0.29) is 18.5 Å². The zero-order valence-electron chi connectivity index (χ0n) is 18.4. The third-order valence-corrected chi connectivity index (χ3v) is 4.97. The molecule has 4 nitrogen and oxygen atoms in total. The van der Waals surface area contributed by atoms with Gasteiger partial charge in [0.1, 0.15) is 6.10 Å². The van der Waals surface area contributed by atoms with Crippen LogP contribution in [0.1, 0.15) is 123 Å². The standard InChI is InChI=1S/C24H44O4/c1-3-5-7-9-10-11-17-21-24(27)28-22(18-14-8-6-4-2)19-15-12-13-16-20-23(25)26/h14,18,22H,3-13,15-17,19-21H2,1-2H3,(H,25,26)/b18-14-. The van der Waals surface area contributed by atoms with Gasteiger partial charge in [0.05, 0.1) is 0 Å². The molecule has 4 heteroatoms. The van der Waals surface area contributed by atoms with Crippen LogP contribution < -0.4 is 0 Å². The molecule has 28 heavy (non-hydrogen) atoms. The second kappa shape index (κ2) is 20.4. The maximum absolute atomic E-state index is 12.2. The summed E-state index contributed by atoms with van der Waals surface area (Å²) in [6.45, 7) is 4.39. The Morgan fingerprint density at radius 2 is 1.36 bits per heavy atom. The van der Waals surface area contributed by atoms with Crippen molar-refractivity contribution < 1.29 is 19.4 Å². The Hall–Kier alpha value is -1.32. The van der Waals surface area contributed by atoms with Gasteiger partial charge in [0.15, 0.2) is 0 Å². The highest BCUT2D eigenvalue weighted by molar-refractivity contribution is 5.69. The van der Waals surface area contributed by atoms with E-state index in [1.807, 2.05) is 0 Å². The van der Waals surface area contributed by atoms with E-state index in [0.29, 0.717) is 6.42 Å². The Balaban J connectivity index is 4.05. The number of carbonyl (C=O) groups is 2. The number of carboxylic acids is 1. The zero-order chi connectivity index (χ0) is 20.9. The predicted octanol–water partition coefficient (Wildman–Crippen LogP) is 7.21. The van der Waals surface area contributed by atoms with Gasteiger partial charge in [0, 0.05) is 12.8 Å². The van der Waals surface area contributed by atoms with E-state index in [1.165, 1.54) is 32.1 Å². The van der Waals surface area contributed by atoms with Gasteiger partial charge >= 0.3 is 11.9 Å². The molecule has 164 valence electrons. The van der Waals surface area contributed by atoms with Crippen LogP contribution in [0.4, 0.5) is 0 Å². The Kier molecular flexibility index (Phi) is 19.5. The molecule has 0 aromatic carbocycles. The maximum Gasteiger partial charge on any atom is 0.306 e. The fourth-order valence-corrected chi connectivity index (χ4v) is 3.19. The first-order chi connectivity index (χ1) is 13.6. The van der Waals surface area contributed by atoms with E-state index < -0.39 is 5.97 Å². The molecular weight excluding hydrogens is 352 g/mol. The third kappa shape index (κ3) is 19.4. The van der Waals surface area contributed by atoms with Crippen LogP contribution in [0.15, 0.2) is 12.2 Å². The molecule has 0 spiro atoms. The fraction of sp³-hybridized carbons (Fsp3) is 0.833. The molecule has 0 aliphatic rings. The van der Waals surface area contributed by atoms with Crippen molar-refractivity contribution in [2.75, 3.05) is 0 Å². The fourth-order valence-electron chi connectivity index (χ4n) is 3.19. The van der Waals surface area contributed by atoms with Crippen LogP contribution in [0.2, 0.25) is 0 Å². The minimum absolute atomic E-state index is 0.0791. The number of hydrogen-bond acceptors (Lipinski definition) is 3. The molecule has 1 N–H and O–H groups in total. The van der Waals surface area contributed by atoms with E-state index in [1.54, 1.807) is 0 Å². The van der Waals surface area contributed by atoms with Gasteiger partial charge in [-0.1, -0.05) is 84.1 Å². The summed E-state index contributed by atoms with van der Waals surface area (Å²) in [6.07, 6.45) is 21.0. The molecule has 0 aliphatic carbocycles. The Bertz CT molecular complexity index is 403. The Labute approximate surface area is 173 Å². The lowest BCUT2D eigenvalue weighted by molar-refractivity contribution is -0.147. The maximum atomic E-state index is 12.2. The third-order valence-electron chi connectivity index (χ3n) is 4.97. The highest BCUT2D eigenvalue weighted by atomic mass is 16.5. The second-order valence-electron chi connectivity index (χ2n) is 7.82. The lowest BCUT2D eigenvalue weighted by Crippen LogP contribution is -2.16. The van der Waals surface area contributed by atoms with Gasteiger partial charge in [-0.05, 0) is 38.2 Å². The summed E-state index contributed by atoms with van der Waals surface area (Å²) in [6, 6.07) is 0. The number of unbranched alkanes of at least 4 members (excludes halogenated alkanes) is 11. The quantitative estimate of drug-likeness (QED) is 0.134. The number of allylic oxidation sites excluding steroid dienone is 1. The van der Waals surface area contributed by atoms with Gasteiger partial charge < -0.3 is 9.84 Å². The molecule has 1 unspecified atom stereocenters. The van der Waals surface area contributed by atoms with Gasteiger partial charge in [-0.2, -0.15) is 0 Å². The number of rotatable bonds is 20. The molecule has 0 saturated carbocycles. The number of esters is 1. The average molecular weight is 397 g/mol. The van der Waals surface area contributed by atoms with Gasteiger partial charge in [0.25, 0.3) is 0 Å². The highest BCUT2D eigenvalue weighted by Gasteiger charge is 2.11. The lowest BCUT2D eigenvalue weighted by atomic mass is 10.1. The first kappa shape index (κ1) is 26.7. The molecular formula is C24H44O4. The molecule has 0 radical (unpaired) electrons. The van der Waals surface area contributed by atoms with Crippen LogP contribution in [0.5, 0.6) is 0 Å². The number of carbonyl (C=O) groups excluding carboxylic acids is 1. The second-order valence-corrected chi connectivity index (χ2v) is 7.82. The smallest absolute Gasteiger partial charge is 0.306 e. The Morgan fingerprint density at radius 3 is 2.00 bits per heavy atom. The number of carboxylic acid groups (broad SMARTS) is 1. The number of ether oxygens (including phenoxy) is 1. The van der Waals surface area contributed by atoms with Crippen molar-refractivity contribution in [3.8, 4) is 0 Å². The Morgan fingerprint density at radius 1 is 0.786 bits per heavy atom. The average Bonchev–Trinajstić information content (AvgIpc) is 2.66. The summed E-state index contributed by atoms with van der Waals surface area (Å²) in [5.74, 6) is -0.805. The SMILES string of the molecule is CCCC/C=C\C(CCCCCCC(=O)O)OC(=O)CCCCCCCCC. The number of aliphatic carboxylic acids is 1. The molecule has 0 fully saturated rings. The van der Waals surface area contributed by atoms with Gasteiger partial charge in [0.2, 0.25) is 0 Å². The molecule has 0 aromatic rings. The van der Waals surface area contributed by atoms with E-state index >= 15 is 0 Å². The van der Waals surface area contributed by atoms with Crippen LogP contribution in [0.25, 0.3) is 0 Å². The lowest BCUT2D eigenvalue weighted by Gasteiger charge is -2.14. The van der Waals surface area contributed by atoms with Crippen molar-refractivity contribution in [1.82, 2.24) is 0 Å². The summed E-state index contributed by atoms with van der Waals surface area (Å²) in [5, 5.41) is 8.67. The molecule has 1 atom stereocenters. The van der Waals surface area contributed by atoms with Crippen LogP contribution in [0, 0.1) is 0 Å². The topological polar surface area (TPSA) is 63.6 Å². The van der Waals surface area contributed by atoms with Crippen molar-refractivity contribution in [2.24, 2.45) is 0 Å². The molecule has 0 aliphatic heterocycles. The van der Waals surface area contributed by atoms with E-state index in [9.17, 15) is 9.59 Å². The first-order valence-corrected chi connectivity index (χ1v) is 11.7. The van der Waals surface area contributed by atoms with Crippen molar-refractivity contribution >= 4 is 11.9 Å². The van der Waals surface area contributed by atoms with E-state index in [2.05, 4.69) is 26.0 Å². The molecule has 0 aromatic heterocycles. The van der Waals surface area contributed by atoms with Gasteiger partial charge in [-0.3, -0.25) is 9.59 Å². The summed E-state index contributed by atoms with van der Waals surface area (Å²) in [4.78, 5) is 22.7. The van der Waals surface area contributed by atoms with Crippen LogP contribution in [-0.4, -0.2) is 23.1 Å². The van der Waals surface area contributed by atoms with E-state index in [4.69, 9.17) is 9.84 Å². The molecule has 0 amide bonds. The largest absolute Gasteiger partial charge is 0.481 e. The van der Waals surface area contributed by atoms with Gasteiger partial charge in [-0.25, -0.2) is 0 Å². The summed E-state index contributed by atoms with van der Waals surface area (Å²) < 4.78 is 5.70. The minimum Gasteiger partial charge on any atom is -0.481 e. The first-order valence-electron chi connectivity index (χ1n) is 11.7. The molecule has 0 bridgehead atoms. The summed E-state index contributed by atoms with van der Waals surface area (Å²) >= 11 is 0. The predicted molar refractivity (Wildman–Crippen MR) is 116 cm³/mol. The molecule has 0 heterocycles. The molecule has 0 saturated heterocycles. The van der Waals surface area contributed by atoms with Crippen LogP contribution in [-0.2, 0) is 14.3 Å². The van der Waals surface area contributed by atoms with Crippen molar-refractivity contribution in [1.29, 1.82) is 0 Å². The van der Waals surface area contributed by atoms with Crippen molar-refractivity contribution in [3.05, 3.63) is 12.2 Å². The summed E-state index contributed by atoms with van der Waals surface area (Å²) in [5.41, 5.74) is 0. The monoisotopic (exact) mass is 396 g/mol. The van der Waals surface area contributed by atoms with Crippen LogP contribution in [0.3, 0.4) is 0 Å². The molecule has 0 rings (SSSR count). The van der Waals surface area contributed by atoms with Crippen molar-refractivity contribution in [3.63, 3.8) is 0 Å². The zero-order valence-corrected chi connectivity index (χ0v) is 18.4. The van der Waals surface area contributed by atoms with E-state index in [0.717, 1.165) is 64.2 Å².